The number of rotatable bonds is 0. The number of phenolic OH excluding ortho intramolecular Hbond substituents is 1. The fourth-order valence-corrected chi connectivity index (χ4v) is 0.952. The lowest BCUT2D eigenvalue weighted by Gasteiger charge is -1.99. The van der Waals surface area contributed by atoms with Crippen LogP contribution in [0.2, 0.25) is 0 Å². The maximum atomic E-state index is 9.16. The van der Waals surface area contributed by atoms with Crippen LogP contribution in [-0.2, 0) is 0 Å². The van der Waals surface area contributed by atoms with Crippen LogP contribution in [0.5, 0.6) is 5.75 Å². The largest absolute Gasteiger partial charge is 0.508 e. The molecular formula is C7H7OSi. The Balaban J connectivity index is 3.25. The minimum atomic E-state index is 0.328. The van der Waals surface area contributed by atoms with Gasteiger partial charge < -0.3 is 5.11 Å². The molecule has 0 aliphatic heterocycles. The van der Waals surface area contributed by atoms with E-state index in [-0.39, 0.29) is 0 Å². The van der Waals surface area contributed by atoms with E-state index in [1.807, 2.05) is 19.1 Å². The number of hydrogen-bond acceptors (Lipinski definition) is 1. The monoisotopic (exact) mass is 135 g/mol. The van der Waals surface area contributed by atoms with Crippen LogP contribution in [0.3, 0.4) is 0 Å². The number of hydrogen-bond donors (Lipinski definition) is 1. The first kappa shape index (κ1) is 6.36. The Labute approximate surface area is 57.8 Å². The first-order valence-corrected chi connectivity index (χ1v) is 3.22. The number of aromatic hydroxyl groups is 1. The number of phenols is 1. The molecule has 9 heavy (non-hydrogen) atoms. The number of para-hydroxylation sites is 1. The molecule has 0 saturated carbocycles. The average molecular weight is 135 g/mol. The van der Waals surface area contributed by atoms with Gasteiger partial charge in [0.1, 0.15) is 5.75 Å². The van der Waals surface area contributed by atoms with Crippen LogP contribution in [0.1, 0.15) is 5.56 Å². The van der Waals surface area contributed by atoms with Gasteiger partial charge in [0, 0.05) is 0 Å². The molecule has 2 heteroatoms. The molecule has 0 bridgehead atoms. The molecule has 0 aromatic heterocycles. The van der Waals surface area contributed by atoms with E-state index in [0.29, 0.717) is 5.75 Å². The van der Waals surface area contributed by atoms with Crippen LogP contribution in [0, 0.1) is 6.92 Å². The van der Waals surface area contributed by atoms with Gasteiger partial charge in [0.25, 0.3) is 0 Å². The number of aryl methyl sites for hydroxylation is 1. The van der Waals surface area contributed by atoms with E-state index in [0.717, 1.165) is 10.8 Å². The lowest BCUT2D eigenvalue weighted by atomic mass is 10.2. The van der Waals surface area contributed by atoms with E-state index >= 15 is 0 Å². The first-order chi connectivity index (χ1) is 4.22. The molecule has 0 amide bonds. The fourth-order valence-electron chi connectivity index (χ4n) is 0.659. The van der Waals surface area contributed by atoms with Gasteiger partial charge in [-0.2, -0.15) is 0 Å². The summed E-state index contributed by atoms with van der Waals surface area (Å²) in [5, 5.41) is 9.90. The molecule has 1 aromatic rings. The smallest absolute Gasteiger partial charge is 0.116 e. The summed E-state index contributed by atoms with van der Waals surface area (Å²) in [5.41, 5.74) is 0.891. The lowest BCUT2D eigenvalue weighted by Crippen LogP contribution is -2.02. The van der Waals surface area contributed by atoms with Crippen molar-refractivity contribution in [3.63, 3.8) is 0 Å². The molecular weight excluding hydrogens is 128 g/mol. The minimum Gasteiger partial charge on any atom is -0.508 e. The molecule has 0 aliphatic rings. The zero-order valence-corrected chi connectivity index (χ0v) is 6.18. The molecule has 0 saturated heterocycles. The van der Waals surface area contributed by atoms with Gasteiger partial charge in [0.05, 0.1) is 10.2 Å². The van der Waals surface area contributed by atoms with Crippen molar-refractivity contribution < 1.29 is 5.11 Å². The molecule has 1 rings (SSSR count). The summed E-state index contributed by atoms with van der Waals surface area (Å²) >= 11 is 0. The lowest BCUT2D eigenvalue weighted by molar-refractivity contribution is 0.475. The van der Waals surface area contributed by atoms with E-state index < -0.39 is 0 Å². The van der Waals surface area contributed by atoms with Crippen molar-refractivity contribution in [3.8, 4) is 5.75 Å². The Hall–Kier alpha value is -0.763. The van der Waals surface area contributed by atoms with Crippen LogP contribution in [0.25, 0.3) is 0 Å². The Morgan fingerprint density at radius 1 is 1.44 bits per heavy atom. The molecule has 0 unspecified atom stereocenters. The summed E-state index contributed by atoms with van der Waals surface area (Å²) in [6.07, 6.45) is 0. The van der Waals surface area contributed by atoms with Crippen molar-refractivity contribution in [2.75, 3.05) is 0 Å². The Morgan fingerprint density at radius 2 is 2.11 bits per heavy atom. The highest BCUT2D eigenvalue weighted by Crippen LogP contribution is 2.09. The van der Waals surface area contributed by atoms with E-state index in [4.69, 9.17) is 5.11 Å². The summed E-state index contributed by atoms with van der Waals surface area (Å²) in [4.78, 5) is 0. The molecule has 3 radical (unpaired) electrons. The Bertz CT molecular complexity index is 200. The van der Waals surface area contributed by atoms with Crippen molar-refractivity contribution in [2.24, 2.45) is 0 Å². The van der Waals surface area contributed by atoms with Crippen molar-refractivity contribution in [3.05, 3.63) is 23.8 Å². The number of benzene rings is 1. The molecule has 1 nitrogen and oxygen atoms in total. The summed E-state index contributed by atoms with van der Waals surface area (Å²) < 4.78 is 0. The molecule has 1 aromatic carbocycles. The van der Waals surface area contributed by atoms with Gasteiger partial charge in [-0.3, -0.25) is 0 Å². The molecule has 0 spiro atoms. The summed E-state index contributed by atoms with van der Waals surface area (Å²) in [7, 11) is 3.24. The molecule has 1 N–H and O–H groups in total. The summed E-state index contributed by atoms with van der Waals surface area (Å²) in [6.45, 7) is 1.86. The third-order valence-corrected chi connectivity index (χ3v) is 1.64. The molecule has 0 atom stereocenters. The van der Waals surface area contributed by atoms with Crippen LogP contribution < -0.4 is 5.19 Å². The van der Waals surface area contributed by atoms with E-state index in [9.17, 15) is 0 Å². The zero-order chi connectivity index (χ0) is 6.85. The van der Waals surface area contributed by atoms with Crippen molar-refractivity contribution in [1.29, 1.82) is 0 Å². The van der Waals surface area contributed by atoms with Crippen LogP contribution >= 0.6 is 0 Å². The summed E-state index contributed by atoms with van der Waals surface area (Å²) in [5.74, 6) is 0.328. The summed E-state index contributed by atoms with van der Waals surface area (Å²) in [6, 6.07) is 5.55. The van der Waals surface area contributed by atoms with E-state index in [1.54, 1.807) is 6.07 Å². The first-order valence-electron chi connectivity index (χ1n) is 2.72. The predicted octanol–water partition coefficient (Wildman–Crippen LogP) is 0.494. The third kappa shape index (κ3) is 1.13. The molecule has 0 heterocycles. The predicted molar refractivity (Wildman–Crippen MR) is 38.2 cm³/mol. The van der Waals surface area contributed by atoms with Gasteiger partial charge in [-0.1, -0.05) is 18.2 Å². The fraction of sp³-hybridized carbons (Fsp3) is 0.143. The van der Waals surface area contributed by atoms with Gasteiger partial charge in [-0.15, -0.1) is 0 Å². The maximum Gasteiger partial charge on any atom is 0.116 e. The normalized spacial score (nSPS) is 9.56. The topological polar surface area (TPSA) is 20.2 Å². The second-order valence-corrected chi connectivity index (χ2v) is 2.51. The van der Waals surface area contributed by atoms with Crippen LogP contribution in [0.4, 0.5) is 0 Å². The average Bonchev–Trinajstić information content (AvgIpc) is 1.83. The van der Waals surface area contributed by atoms with Gasteiger partial charge in [-0.25, -0.2) is 0 Å². The van der Waals surface area contributed by atoms with Gasteiger partial charge >= 0.3 is 0 Å². The van der Waals surface area contributed by atoms with Crippen LogP contribution in [0.15, 0.2) is 18.2 Å². The van der Waals surface area contributed by atoms with Gasteiger partial charge in [-0.05, 0) is 17.7 Å². The Morgan fingerprint density at radius 3 is 2.56 bits per heavy atom. The molecule has 0 fully saturated rings. The highest BCUT2D eigenvalue weighted by Gasteiger charge is 1.95. The molecule has 45 valence electrons. The third-order valence-electron chi connectivity index (χ3n) is 1.24. The second-order valence-electron chi connectivity index (χ2n) is 1.97. The highest BCUT2D eigenvalue weighted by molar-refractivity contribution is 6.34. The molecule has 0 aliphatic carbocycles. The SMILES string of the molecule is Cc1cccc([Si])c1O. The van der Waals surface area contributed by atoms with E-state index in [1.165, 1.54) is 0 Å². The standard InChI is InChI=1S/C7H7OSi/c1-5-3-2-4-6(9)7(5)8/h2-4,8H,1H3. The van der Waals surface area contributed by atoms with Gasteiger partial charge in [0.2, 0.25) is 0 Å². The van der Waals surface area contributed by atoms with E-state index in [2.05, 4.69) is 10.2 Å². The van der Waals surface area contributed by atoms with Gasteiger partial charge in [0.15, 0.2) is 0 Å². The Kier molecular flexibility index (Phi) is 1.58. The van der Waals surface area contributed by atoms with Crippen molar-refractivity contribution >= 4 is 15.4 Å². The highest BCUT2D eigenvalue weighted by atomic mass is 28.1. The second kappa shape index (κ2) is 2.23. The maximum absolute atomic E-state index is 9.16. The van der Waals surface area contributed by atoms with Crippen LogP contribution in [-0.4, -0.2) is 15.3 Å². The zero-order valence-electron chi connectivity index (χ0n) is 5.18. The van der Waals surface area contributed by atoms with Crippen molar-refractivity contribution in [1.82, 2.24) is 0 Å². The van der Waals surface area contributed by atoms with Crippen molar-refractivity contribution in [2.45, 2.75) is 6.92 Å². The minimum absolute atomic E-state index is 0.328. The quantitative estimate of drug-likeness (QED) is 0.513.